The summed E-state index contributed by atoms with van der Waals surface area (Å²) in [6.07, 6.45) is 1.60. The van der Waals surface area contributed by atoms with Crippen LogP contribution >= 0.6 is 11.6 Å². The highest BCUT2D eigenvalue weighted by atomic mass is 35.5. The van der Waals surface area contributed by atoms with Crippen LogP contribution in [0.3, 0.4) is 0 Å². The van der Waals surface area contributed by atoms with E-state index in [2.05, 4.69) is 5.32 Å². The van der Waals surface area contributed by atoms with Crippen molar-refractivity contribution in [3.8, 4) is 11.5 Å². The van der Waals surface area contributed by atoms with Gasteiger partial charge in [0.2, 0.25) is 11.8 Å². The lowest BCUT2D eigenvalue weighted by atomic mass is 10.1. The highest BCUT2D eigenvalue weighted by Crippen LogP contribution is 2.28. The van der Waals surface area contributed by atoms with E-state index in [1.165, 1.54) is 0 Å². The summed E-state index contributed by atoms with van der Waals surface area (Å²) < 4.78 is 10.6. The van der Waals surface area contributed by atoms with Crippen LogP contribution in [0.25, 0.3) is 0 Å². The number of hydrogen-bond donors (Lipinski definition) is 1. The summed E-state index contributed by atoms with van der Waals surface area (Å²) in [5.41, 5.74) is 1.83. The number of hydrogen-bond acceptors (Lipinski definition) is 4. The molecule has 0 saturated heterocycles. The number of benzene rings is 2. The predicted octanol–water partition coefficient (Wildman–Crippen LogP) is 4.62. The zero-order valence-corrected chi connectivity index (χ0v) is 20.2. The number of rotatable bonds is 11. The average Bonchev–Trinajstić information content (AvgIpc) is 2.80. The number of aryl methyl sites for hydroxylation is 1. The molecule has 1 N–H and O–H groups in total. The second-order valence-corrected chi connectivity index (χ2v) is 8.27. The molecule has 0 aliphatic carbocycles. The zero-order valence-electron chi connectivity index (χ0n) is 19.5. The normalized spacial score (nSPS) is 12.6. The third kappa shape index (κ3) is 7.16. The average molecular weight is 461 g/mol. The number of amides is 2. The molecule has 2 atom stereocenters. The minimum absolute atomic E-state index is 0.0415. The Morgan fingerprint density at radius 3 is 2.38 bits per heavy atom. The number of carbonyl (C=O) groups is 2. The fourth-order valence-corrected chi connectivity index (χ4v) is 3.52. The molecule has 32 heavy (non-hydrogen) atoms. The molecular formula is C25H33ClN2O4. The number of methoxy groups -OCH3 is 2. The summed E-state index contributed by atoms with van der Waals surface area (Å²) in [5, 5.41) is 3.57. The van der Waals surface area contributed by atoms with E-state index in [0.29, 0.717) is 29.5 Å². The predicted molar refractivity (Wildman–Crippen MR) is 127 cm³/mol. The molecule has 0 radical (unpaired) electrons. The van der Waals surface area contributed by atoms with Gasteiger partial charge < -0.3 is 19.7 Å². The van der Waals surface area contributed by atoms with E-state index in [9.17, 15) is 9.59 Å². The zero-order chi connectivity index (χ0) is 23.7. The Morgan fingerprint density at radius 2 is 1.75 bits per heavy atom. The van der Waals surface area contributed by atoms with Gasteiger partial charge in [-0.2, -0.15) is 0 Å². The molecule has 7 heteroatoms. The summed E-state index contributed by atoms with van der Waals surface area (Å²) in [4.78, 5) is 27.6. The molecule has 0 aromatic heterocycles. The van der Waals surface area contributed by atoms with Crippen molar-refractivity contribution in [2.24, 2.45) is 0 Å². The molecule has 2 aromatic rings. The van der Waals surface area contributed by atoms with Crippen LogP contribution in [0.5, 0.6) is 11.5 Å². The van der Waals surface area contributed by atoms with E-state index in [1.54, 1.807) is 32.1 Å². The molecule has 6 nitrogen and oxygen atoms in total. The largest absolute Gasteiger partial charge is 0.493 e. The summed E-state index contributed by atoms with van der Waals surface area (Å²) in [6.45, 7) is 6.02. The van der Waals surface area contributed by atoms with Gasteiger partial charge in [-0.25, -0.2) is 0 Å². The molecule has 2 rings (SSSR count). The first-order valence-corrected chi connectivity index (χ1v) is 11.2. The smallest absolute Gasteiger partial charge is 0.242 e. The minimum atomic E-state index is -0.610. The monoisotopic (exact) mass is 460 g/mol. The van der Waals surface area contributed by atoms with Crippen LogP contribution < -0.4 is 14.8 Å². The number of carbonyl (C=O) groups excluding carboxylic acids is 2. The van der Waals surface area contributed by atoms with Crippen molar-refractivity contribution in [2.45, 2.75) is 58.7 Å². The van der Waals surface area contributed by atoms with E-state index in [1.807, 2.05) is 50.2 Å². The SMILES string of the molecule is CC[C@@H](C)NC(=O)[C@@H](C)N(Cc1cccc(Cl)c1)C(=O)CCc1ccc(OC)c(OC)c1. The Labute approximate surface area is 195 Å². The van der Waals surface area contributed by atoms with Crippen molar-refractivity contribution in [2.75, 3.05) is 14.2 Å². The van der Waals surface area contributed by atoms with Crippen molar-refractivity contribution in [1.82, 2.24) is 10.2 Å². The van der Waals surface area contributed by atoms with Gasteiger partial charge in [0.25, 0.3) is 0 Å². The first kappa shape index (κ1) is 25.5. The second-order valence-electron chi connectivity index (χ2n) is 7.83. The topological polar surface area (TPSA) is 67.9 Å². The lowest BCUT2D eigenvalue weighted by Gasteiger charge is -2.30. The molecule has 0 heterocycles. The van der Waals surface area contributed by atoms with E-state index < -0.39 is 6.04 Å². The molecule has 0 fully saturated rings. The maximum Gasteiger partial charge on any atom is 0.242 e. The highest BCUT2D eigenvalue weighted by Gasteiger charge is 2.26. The summed E-state index contributed by atoms with van der Waals surface area (Å²) in [7, 11) is 3.16. The molecular weight excluding hydrogens is 428 g/mol. The summed E-state index contributed by atoms with van der Waals surface area (Å²) >= 11 is 6.13. The Kier molecular flexibility index (Phi) is 9.85. The molecule has 174 valence electrons. The Hall–Kier alpha value is -2.73. The quantitative estimate of drug-likeness (QED) is 0.531. The first-order valence-electron chi connectivity index (χ1n) is 10.8. The van der Waals surface area contributed by atoms with Crippen molar-refractivity contribution in [3.05, 3.63) is 58.6 Å². The van der Waals surface area contributed by atoms with Crippen molar-refractivity contribution < 1.29 is 19.1 Å². The fourth-order valence-electron chi connectivity index (χ4n) is 3.31. The van der Waals surface area contributed by atoms with Crippen LogP contribution in [0.1, 0.15) is 44.7 Å². The van der Waals surface area contributed by atoms with Crippen LogP contribution in [-0.2, 0) is 22.6 Å². The van der Waals surface area contributed by atoms with E-state index >= 15 is 0 Å². The molecule has 0 unspecified atom stereocenters. The molecule has 0 spiro atoms. The van der Waals surface area contributed by atoms with Gasteiger partial charge in [0.15, 0.2) is 11.5 Å². The standard InChI is InChI=1S/C25H33ClN2O4/c1-6-17(2)27-25(30)18(3)28(16-20-8-7-9-21(26)14-20)24(29)13-11-19-10-12-22(31-4)23(15-19)32-5/h7-10,12,14-15,17-18H,6,11,13,16H2,1-5H3,(H,27,30)/t17-,18-/m1/s1. The number of halogens is 1. The minimum Gasteiger partial charge on any atom is -0.493 e. The first-order chi connectivity index (χ1) is 15.3. The Bertz CT molecular complexity index is 919. The molecule has 0 aliphatic rings. The maximum absolute atomic E-state index is 13.2. The molecule has 2 amide bonds. The summed E-state index contributed by atoms with van der Waals surface area (Å²) in [5.74, 6) is 0.988. The van der Waals surface area contributed by atoms with Crippen molar-refractivity contribution in [1.29, 1.82) is 0 Å². The van der Waals surface area contributed by atoms with Gasteiger partial charge in [0.05, 0.1) is 14.2 Å². The van der Waals surface area contributed by atoms with Crippen molar-refractivity contribution in [3.63, 3.8) is 0 Å². The Balaban J connectivity index is 2.18. The van der Waals surface area contributed by atoms with E-state index in [0.717, 1.165) is 17.5 Å². The van der Waals surface area contributed by atoms with Crippen LogP contribution in [0, 0.1) is 0 Å². The van der Waals surface area contributed by atoms with Gasteiger partial charge in [-0.3, -0.25) is 9.59 Å². The van der Waals surface area contributed by atoms with Gasteiger partial charge >= 0.3 is 0 Å². The lowest BCUT2D eigenvalue weighted by Crippen LogP contribution is -2.49. The van der Waals surface area contributed by atoms with Gasteiger partial charge in [-0.15, -0.1) is 0 Å². The fraction of sp³-hybridized carbons (Fsp3) is 0.440. The summed E-state index contributed by atoms with van der Waals surface area (Å²) in [6, 6.07) is 12.4. The number of nitrogens with zero attached hydrogens (tertiary/aromatic N) is 1. The highest BCUT2D eigenvalue weighted by molar-refractivity contribution is 6.30. The van der Waals surface area contributed by atoms with Crippen LogP contribution in [-0.4, -0.2) is 43.0 Å². The number of nitrogens with one attached hydrogen (secondary N) is 1. The molecule has 0 aliphatic heterocycles. The van der Waals surface area contributed by atoms with Gasteiger partial charge in [0, 0.05) is 24.0 Å². The molecule has 0 saturated carbocycles. The van der Waals surface area contributed by atoms with Gasteiger partial charge in [0.1, 0.15) is 6.04 Å². The van der Waals surface area contributed by atoms with E-state index in [4.69, 9.17) is 21.1 Å². The van der Waals surface area contributed by atoms with E-state index in [-0.39, 0.29) is 24.3 Å². The molecule has 2 aromatic carbocycles. The molecule has 0 bridgehead atoms. The van der Waals surface area contributed by atoms with Gasteiger partial charge in [-0.05, 0) is 62.1 Å². The van der Waals surface area contributed by atoms with Crippen LogP contribution in [0.2, 0.25) is 5.02 Å². The maximum atomic E-state index is 13.2. The third-order valence-corrected chi connectivity index (χ3v) is 5.72. The third-order valence-electron chi connectivity index (χ3n) is 5.49. The van der Waals surface area contributed by atoms with Crippen LogP contribution in [0.15, 0.2) is 42.5 Å². The van der Waals surface area contributed by atoms with Gasteiger partial charge in [-0.1, -0.05) is 36.7 Å². The number of ether oxygens (including phenoxy) is 2. The van der Waals surface area contributed by atoms with Crippen LogP contribution in [0.4, 0.5) is 0 Å². The van der Waals surface area contributed by atoms with Crippen molar-refractivity contribution >= 4 is 23.4 Å². The Morgan fingerprint density at radius 1 is 1.03 bits per heavy atom. The second kappa shape index (κ2) is 12.3. The lowest BCUT2D eigenvalue weighted by molar-refractivity contribution is -0.140.